The minimum Gasteiger partial charge on any atom is -0.366 e. The molecule has 0 bridgehead atoms. The van der Waals surface area contributed by atoms with Crippen LogP contribution in [0, 0.1) is 5.41 Å². The Morgan fingerprint density at radius 2 is 2.06 bits per heavy atom. The Morgan fingerprint density at radius 1 is 1.22 bits per heavy atom. The average Bonchev–Trinajstić information content (AvgIpc) is 2.83. The topological polar surface area (TPSA) is 41.6 Å². The summed E-state index contributed by atoms with van der Waals surface area (Å²) in [7, 11) is 0. The Balaban J connectivity index is 1.59. The maximum Gasteiger partial charge on any atom is 0.253 e. The third-order valence-corrected chi connectivity index (χ3v) is 4.87. The fourth-order valence-electron chi connectivity index (χ4n) is 3.76. The smallest absolute Gasteiger partial charge is 0.253 e. The highest BCUT2D eigenvalue weighted by atomic mass is 16.5. The van der Waals surface area contributed by atoms with Crippen molar-refractivity contribution in [3.63, 3.8) is 0 Å². The summed E-state index contributed by atoms with van der Waals surface area (Å²) >= 11 is 0. The summed E-state index contributed by atoms with van der Waals surface area (Å²) in [6, 6.07) is 0. The SMILES string of the molecule is O=C(C1CNCCO1)N1CCC2(CCCCC2)C1. The molecule has 4 heteroatoms. The van der Waals surface area contributed by atoms with Crippen molar-refractivity contribution in [1.29, 1.82) is 0 Å². The molecule has 3 aliphatic rings. The predicted molar refractivity (Wildman–Crippen MR) is 69.3 cm³/mol. The molecule has 0 aromatic heterocycles. The number of carbonyl (C=O) groups is 1. The molecule has 0 radical (unpaired) electrons. The van der Waals surface area contributed by atoms with E-state index in [2.05, 4.69) is 10.2 Å². The van der Waals surface area contributed by atoms with Crippen LogP contribution in [0.3, 0.4) is 0 Å². The molecular weight excluding hydrogens is 228 g/mol. The van der Waals surface area contributed by atoms with E-state index in [1.807, 2.05) is 0 Å². The molecule has 1 atom stereocenters. The maximum absolute atomic E-state index is 12.4. The fourth-order valence-corrected chi connectivity index (χ4v) is 3.76. The van der Waals surface area contributed by atoms with Crippen LogP contribution in [0.4, 0.5) is 0 Å². The van der Waals surface area contributed by atoms with Crippen molar-refractivity contribution < 1.29 is 9.53 Å². The number of nitrogens with one attached hydrogen (secondary N) is 1. The first-order valence-electron chi connectivity index (χ1n) is 7.40. The normalized spacial score (nSPS) is 31.8. The molecule has 1 spiro atoms. The van der Waals surface area contributed by atoms with Crippen molar-refractivity contribution >= 4 is 5.91 Å². The molecule has 3 fully saturated rings. The minimum atomic E-state index is -0.238. The van der Waals surface area contributed by atoms with Crippen LogP contribution in [0.25, 0.3) is 0 Å². The van der Waals surface area contributed by atoms with Crippen molar-refractivity contribution in [3.05, 3.63) is 0 Å². The molecular formula is C14H24N2O2. The first-order chi connectivity index (χ1) is 8.79. The zero-order chi connectivity index (χ0) is 12.4. The fraction of sp³-hybridized carbons (Fsp3) is 0.929. The van der Waals surface area contributed by atoms with Crippen LogP contribution in [0.1, 0.15) is 38.5 Å². The van der Waals surface area contributed by atoms with E-state index in [-0.39, 0.29) is 12.0 Å². The van der Waals surface area contributed by atoms with Gasteiger partial charge in [-0.05, 0) is 24.7 Å². The Bertz CT molecular complexity index is 307. The van der Waals surface area contributed by atoms with Crippen LogP contribution >= 0.6 is 0 Å². The van der Waals surface area contributed by atoms with Gasteiger partial charge in [0.25, 0.3) is 5.91 Å². The summed E-state index contributed by atoms with van der Waals surface area (Å²) in [5.74, 6) is 0.213. The molecule has 102 valence electrons. The van der Waals surface area contributed by atoms with Crippen LogP contribution in [-0.4, -0.2) is 49.7 Å². The molecule has 1 amide bonds. The molecule has 2 saturated heterocycles. The highest BCUT2D eigenvalue weighted by molar-refractivity contribution is 5.81. The number of nitrogens with zero attached hydrogens (tertiary/aromatic N) is 1. The molecule has 0 aromatic carbocycles. The lowest BCUT2D eigenvalue weighted by Crippen LogP contribution is -2.49. The quantitative estimate of drug-likeness (QED) is 0.761. The van der Waals surface area contributed by atoms with Crippen LogP contribution in [0.15, 0.2) is 0 Å². The summed E-state index contributed by atoms with van der Waals surface area (Å²) < 4.78 is 5.57. The van der Waals surface area contributed by atoms with Crippen LogP contribution < -0.4 is 5.32 Å². The molecule has 2 heterocycles. The number of likely N-dealkylation sites (tertiary alicyclic amines) is 1. The first kappa shape index (κ1) is 12.4. The molecule has 3 rings (SSSR count). The molecule has 2 aliphatic heterocycles. The number of ether oxygens (including phenoxy) is 1. The van der Waals surface area contributed by atoms with Gasteiger partial charge in [-0.15, -0.1) is 0 Å². The molecule has 4 nitrogen and oxygen atoms in total. The van der Waals surface area contributed by atoms with Crippen molar-refractivity contribution in [1.82, 2.24) is 10.2 Å². The summed E-state index contributed by atoms with van der Waals surface area (Å²) in [4.78, 5) is 14.4. The second kappa shape index (κ2) is 5.17. The van der Waals surface area contributed by atoms with Gasteiger partial charge in [0.05, 0.1) is 6.61 Å². The third-order valence-electron chi connectivity index (χ3n) is 4.87. The summed E-state index contributed by atoms with van der Waals surface area (Å²) in [5.41, 5.74) is 0.454. The van der Waals surface area contributed by atoms with E-state index in [0.29, 0.717) is 18.6 Å². The van der Waals surface area contributed by atoms with Gasteiger partial charge in [-0.25, -0.2) is 0 Å². The van der Waals surface area contributed by atoms with Crippen LogP contribution in [0.2, 0.25) is 0 Å². The van der Waals surface area contributed by atoms with E-state index in [9.17, 15) is 4.79 Å². The predicted octanol–water partition coefficient (Wildman–Crippen LogP) is 1.16. The largest absolute Gasteiger partial charge is 0.366 e. The number of hydrogen-bond acceptors (Lipinski definition) is 3. The number of amides is 1. The van der Waals surface area contributed by atoms with E-state index in [0.717, 1.165) is 19.6 Å². The number of hydrogen-bond donors (Lipinski definition) is 1. The standard InChI is InChI=1S/C14H24N2O2/c17-13(12-10-15-7-9-18-12)16-8-6-14(11-16)4-2-1-3-5-14/h12,15H,1-11H2. The van der Waals surface area contributed by atoms with Crippen molar-refractivity contribution in [3.8, 4) is 0 Å². The first-order valence-corrected chi connectivity index (χ1v) is 7.40. The van der Waals surface area contributed by atoms with Gasteiger partial charge in [0.15, 0.2) is 0 Å². The van der Waals surface area contributed by atoms with Crippen molar-refractivity contribution in [2.24, 2.45) is 5.41 Å². The highest BCUT2D eigenvalue weighted by Crippen LogP contribution is 2.43. The zero-order valence-electron chi connectivity index (χ0n) is 11.1. The summed E-state index contributed by atoms with van der Waals surface area (Å²) in [6.07, 6.45) is 7.69. The lowest BCUT2D eigenvalue weighted by Gasteiger charge is -2.34. The van der Waals surface area contributed by atoms with Gasteiger partial charge in [-0.3, -0.25) is 4.79 Å². The van der Waals surface area contributed by atoms with Gasteiger partial charge < -0.3 is 15.0 Å². The molecule has 1 saturated carbocycles. The molecule has 1 aliphatic carbocycles. The second-order valence-corrected chi connectivity index (χ2v) is 6.13. The van der Waals surface area contributed by atoms with Gasteiger partial charge in [0, 0.05) is 26.2 Å². The highest BCUT2D eigenvalue weighted by Gasteiger charge is 2.42. The third kappa shape index (κ3) is 2.41. The van der Waals surface area contributed by atoms with Crippen LogP contribution in [0.5, 0.6) is 0 Å². The summed E-state index contributed by atoms with van der Waals surface area (Å²) in [6.45, 7) is 4.13. The van der Waals surface area contributed by atoms with E-state index in [1.165, 1.54) is 38.5 Å². The molecule has 18 heavy (non-hydrogen) atoms. The van der Waals surface area contributed by atoms with E-state index < -0.39 is 0 Å². The van der Waals surface area contributed by atoms with Gasteiger partial charge in [-0.1, -0.05) is 19.3 Å². The van der Waals surface area contributed by atoms with Crippen LogP contribution in [-0.2, 0) is 9.53 Å². The number of carbonyl (C=O) groups excluding carboxylic acids is 1. The van der Waals surface area contributed by atoms with Crippen molar-refractivity contribution in [2.75, 3.05) is 32.8 Å². The van der Waals surface area contributed by atoms with E-state index in [4.69, 9.17) is 4.74 Å². The summed E-state index contributed by atoms with van der Waals surface area (Å²) in [5, 5.41) is 3.24. The number of rotatable bonds is 1. The maximum atomic E-state index is 12.4. The number of morpholine rings is 1. The zero-order valence-corrected chi connectivity index (χ0v) is 11.1. The Labute approximate surface area is 109 Å². The minimum absolute atomic E-state index is 0.213. The van der Waals surface area contributed by atoms with E-state index in [1.54, 1.807) is 0 Å². The van der Waals surface area contributed by atoms with Gasteiger partial charge in [0.1, 0.15) is 6.10 Å². The molecule has 1 unspecified atom stereocenters. The Morgan fingerprint density at radius 3 is 2.78 bits per heavy atom. The lowest BCUT2D eigenvalue weighted by molar-refractivity contribution is -0.144. The molecule has 0 aromatic rings. The second-order valence-electron chi connectivity index (χ2n) is 6.13. The monoisotopic (exact) mass is 252 g/mol. The Kier molecular flexibility index (Phi) is 3.57. The van der Waals surface area contributed by atoms with Gasteiger partial charge in [-0.2, -0.15) is 0 Å². The Hall–Kier alpha value is -0.610. The van der Waals surface area contributed by atoms with Gasteiger partial charge in [0.2, 0.25) is 0 Å². The van der Waals surface area contributed by atoms with Gasteiger partial charge >= 0.3 is 0 Å². The lowest BCUT2D eigenvalue weighted by atomic mass is 9.73. The van der Waals surface area contributed by atoms with Crippen molar-refractivity contribution in [2.45, 2.75) is 44.6 Å². The average molecular weight is 252 g/mol. The van der Waals surface area contributed by atoms with E-state index >= 15 is 0 Å². The molecule has 1 N–H and O–H groups in total.